The van der Waals surface area contributed by atoms with Crippen molar-refractivity contribution in [1.29, 1.82) is 0 Å². The number of hydrogen-bond acceptors (Lipinski definition) is 2. The molecule has 1 aromatic heterocycles. The number of benzene rings is 1. The van der Waals surface area contributed by atoms with Gasteiger partial charge in [0, 0.05) is 36.7 Å². The number of para-hydroxylation sites is 1. The standard InChI is InChI=1S/C15H19N3S/c1-18-9-4-7-14(18)16-8-10-19-15-11-12-5-2-3-6-13(12)17-15/h2-3,5-6,11,17H,4,7-10H2,1H3. The first-order chi connectivity index (χ1) is 9.33. The predicted molar refractivity (Wildman–Crippen MR) is 83.2 cm³/mol. The fourth-order valence-corrected chi connectivity index (χ4v) is 3.24. The average Bonchev–Trinajstić information content (AvgIpc) is 3.00. The second-order valence-electron chi connectivity index (χ2n) is 4.89. The third-order valence-electron chi connectivity index (χ3n) is 3.48. The van der Waals surface area contributed by atoms with Gasteiger partial charge in [0.2, 0.25) is 0 Å². The number of aliphatic imine (C=N–C) groups is 1. The maximum atomic E-state index is 4.68. The smallest absolute Gasteiger partial charge is 0.0987 e. The Labute approximate surface area is 118 Å². The minimum absolute atomic E-state index is 0.902. The zero-order valence-electron chi connectivity index (χ0n) is 11.2. The van der Waals surface area contributed by atoms with Crippen LogP contribution in [0.4, 0.5) is 0 Å². The van der Waals surface area contributed by atoms with Crippen molar-refractivity contribution in [3.8, 4) is 0 Å². The topological polar surface area (TPSA) is 31.4 Å². The van der Waals surface area contributed by atoms with Crippen molar-refractivity contribution in [2.75, 3.05) is 25.9 Å². The molecule has 2 heterocycles. The fourth-order valence-electron chi connectivity index (χ4n) is 2.45. The molecule has 1 N–H and O–H groups in total. The summed E-state index contributed by atoms with van der Waals surface area (Å²) in [6.45, 7) is 2.06. The van der Waals surface area contributed by atoms with E-state index in [4.69, 9.17) is 0 Å². The van der Waals surface area contributed by atoms with Gasteiger partial charge in [0.05, 0.1) is 17.4 Å². The molecule has 0 unspecified atom stereocenters. The molecule has 0 saturated carbocycles. The van der Waals surface area contributed by atoms with E-state index >= 15 is 0 Å². The van der Waals surface area contributed by atoms with Crippen LogP contribution < -0.4 is 0 Å². The second kappa shape index (κ2) is 5.70. The summed E-state index contributed by atoms with van der Waals surface area (Å²) < 4.78 is 0. The van der Waals surface area contributed by atoms with Crippen molar-refractivity contribution in [2.24, 2.45) is 4.99 Å². The highest BCUT2D eigenvalue weighted by molar-refractivity contribution is 7.99. The van der Waals surface area contributed by atoms with Crippen LogP contribution in [0.15, 0.2) is 40.4 Å². The van der Waals surface area contributed by atoms with Gasteiger partial charge in [-0.1, -0.05) is 18.2 Å². The Morgan fingerprint density at radius 2 is 2.26 bits per heavy atom. The van der Waals surface area contributed by atoms with Gasteiger partial charge < -0.3 is 9.88 Å². The molecule has 0 spiro atoms. The molecule has 1 aliphatic heterocycles. The number of thioether (sulfide) groups is 1. The van der Waals surface area contributed by atoms with Crippen LogP contribution in [-0.2, 0) is 0 Å². The van der Waals surface area contributed by atoms with Gasteiger partial charge in [0.25, 0.3) is 0 Å². The van der Waals surface area contributed by atoms with Gasteiger partial charge in [-0.15, -0.1) is 11.8 Å². The normalized spacial score (nSPS) is 17.7. The molecule has 3 rings (SSSR count). The minimum atomic E-state index is 0.902. The van der Waals surface area contributed by atoms with Crippen molar-refractivity contribution in [3.05, 3.63) is 30.3 Å². The number of H-pyrrole nitrogens is 1. The van der Waals surface area contributed by atoms with E-state index in [0.29, 0.717) is 0 Å². The maximum Gasteiger partial charge on any atom is 0.0987 e. The third kappa shape index (κ3) is 2.95. The summed E-state index contributed by atoms with van der Waals surface area (Å²) in [7, 11) is 2.14. The van der Waals surface area contributed by atoms with E-state index in [1.54, 1.807) is 0 Å². The number of aromatic amines is 1. The first-order valence-electron chi connectivity index (χ1n) is 6.78. The van der Waals surface area contributed by atoms with E-state index in [0.717, 1.165) is 25.3 Å². The quantitative estimate of drug-likeness (QED) is 0.684. The molecule has 0 atom stereocenters. The molecular weight excluding hydrogens is 254 g/mol. The molecule has 2 aromatic rings. The monoisotopic (exact) mass is 273 g/mol. The van der Waals surface area contributed by atoms with Crippen molar-refractivity contribution in [2.45, 2.75) is 17.9 Å². The summed E-state index contributed by atoms with van der Waals surface area (Å²) in [6, 6.07) is 10.6. The summed E-state index contributed by atoms with van der Waals surface area (Å²) >= 11 is 1.85. The average molecular weight is 273 g/mol. The van der Waals surface area contributed by atoms with E-state index in [1.165, 1.54) is 28.2 Å². The third-order valence-corrected chi connectivity index (χ3v) is 4.40. The Balaban J connectivity index is 1.55. The number of amidine groups is 1. The van der Waals surface area contributed by atoms with Crippen molar-refractivity contribution < 1.29 is 0 Å². The molecule has 0 aliphatic carbocycles. The number of nitrogens with zero attached hydrogens (tertiary/aromatic N) is 2. The number of aromatic nitrogens is 1. The molecule has 4 heteroatoms. The van der Waals surface area contributed by atoms with Crippen molar-refractivity contribution in [1.82, 2.24) is 9.88 Å². The van der Waals surface area contributed by atoms with Crippen LogP contribution in [-0.4, -0.2) is 41.6 Å². The summed E-state index contributed by atoms with van der Waals surface area (Å²) in [4.78, 5) is 10.4. The van der Waals surface area contributed by atoms with Crippen LogP contribution in [0, 0.1) is 0 Å². The lowest BCUT2D eigenvalue weighted by atomic mass is 10.3. The second-order valence-corrected chi connectivity index (χ2v) is 6.03. The number of nitrogens with one attached hydrogen (secondary N) is 1. The molecule has 1 aromatic carbocycles. The number of hydrogen-bond donors (Lipinski definition) is 1. The van der Waals surface area contributed by atoms with Crippen LogP contribution >= 0.6 is 11.8 Å². The van der Waals surface area contributed by atoms with Gasteiger partial charge in [-0.05, 0) is 18.6 Å². The first-order valence-corrected chi connectivity index (χ1v) is 7.76. The molecule has 0 amide bonds. The molecule has 3 nitrogen and oxygen atoms in total. The summed E-state index contributed by atoms with van der Waals surface area (Å²) in [5.41, 5.74) is 1.21. The Morgan fingerprint density at radius 3 is 3.05 bits per heavy atom. The van der Waals surface area contributed by atoms with Crippen molar-refractivity contribution >= 4 is 28.5 Å². The van der Waals surface area contributed by atoms with Crippen LogP contribution in [0.5, 0.6) is 0 Å². The van der Waals surface area contributed by atoms with Crippen LogP contribution in [0.25, 0.3) is 10.9 Å². The first kappa shape index (κ1) is 12.6. The largest absolute Gasteiger partial charge is 0.363 e. The van der Waals surface area contributed by atoms with Crippen LogP contribution in [0.3, 0.4) is 0 Å². The summed E-state index contributed by atoms with van der Waals surface area (Å²) in [5, 5.41) is 2.52. The predicted octanol–water partition coefficient (Wildman–Crippen LogP) is 3.38. The Kier molecular flexibility index (Phi) is 3.78. The molecular formula is C15H19N3S. The molecule has 1 saturated heterocycles. The number of fused-ring (bicyclic) bond motifs is 1. The van der Waals surface area contributed by atoms with Gasteiger partial charge >= 0.3 is 0 Å². The SMILES string of the molecule is CN1CCCC1=NCCSc1cc2ccccc2[nH]1. The maximum absolute atomic E-state index is 4.68. The zero-order valence-corrected chi connectivity index (χ0v) is 12.0. The molecule has 0 bridgehead atoms. The van der Waals surface area contributed by atoms with Gasteiger partial charge in [-0.2, -0.15) is 0 Å². The lowest BCUT2D eigenvalue weighted by Gasteiger charge is -2.10. The molecule has 1 aliphatic rings. The number of rotatable bonds is 4. The van der Waals surface area contributed by atoms with E-state index < -0.39 is 0 Å². The Bertz CT molecular complexity index is 555. The highest BCUT2D eigenvalue weighted by atomic mass is 32.2. The Hall–Kier alpha value is -1.42. The highest BCUT2D eigenvalue weighted by Gasteiger charge is 2.12. The van der Waals surface area contributed by atoms with Gasteiger partial charge in [0.1, 0.15) is 0 Å². The summed E-state index contributed by atoms with van der Waals surface area (Å²) in [6.07, 6.45) is 2.40. The summed E-state index contributed by atoms with van der Waals surface area (Å²) in [5.74, 6) is 2.31. The zero-order chi connectivity index (χ0) is 13.1. The van der Waals surface area contributed by atoms with Gasteiger partial charge in [-0.25, -0.2) is 0 Å². The van der Waals surface area contributed by atoms with Gasteiger partial charge in [0.15, 0.2) is 0 Å². The fraction of sp³-hybridized carbons (Fsp3) is 0.400. The van der Waals surface area contributed by atoms with Gasteiger partial charge in [-0.3, -0.25) is 4.99 Å². The lowest BCUT2D eigenvalue weighted by Crippen LogP contribution is -2.19. The minimum Gasteiger partial charge on any atom is -0.363 e. The Morgan fingerprint density at radius 1 is 1.37 bits per heavy atom. The van der Waals surface area contributed by atoms with Crippen LogP contribution in [0.1, 0.15) is 12.8 Å². The lowest BCUT2D eigenvalue weighted by molar-refractivity contribution is 0.548. The van der Waals surface area contributed by atoms with E-state index in [2.05, 4.69) is 52.3 Å². The van der Waals surface area contributed by atoms with E-state index in [1.807, 2.05) is 11.8 Å². The van der Waals surface area contributed by atoms with Crippen LogP contribution in [0.2, 0.25) is 0 Å². The molecule has 0 radical (unpaired) electrons. The molecule has 19 heavy (non-hydrogen) atoms. The molecule has 100 valence electrons. The highest BCUT2D eigenvalue weighted by Crippen LogP contribution is 2.23. The number of likely N-dealkylation sites (tertiary alicyclic amines) is 1. The van der Waals surface area contributed by atoms with E-state index in [9.17, 15) is 0 Å². The van der Waals surface area contributed by atoms with E-state index in [-0.39, 0.29) is 0 Å². The van der Waals surface area contributed by atoms with Crippen molar-refractivity contribution in [3.63, 3.8) is 0 Å². The molecule has 1 fully saturated rings.